The summed E-state index contributed by atoms with van der Waals surface area (Å²) in [5.74, 6) is -0.475. The van der Waals surface area contributed by atoms with Crippen molar-refractivity contribution >= 4 is 34.2 Å². The number of fused-ring (bicyclic) bond motifs is 1. The van der Waals surface area contributed by atoms with E-state index in [0.717, 1.165) is 4.88 Å². The fourth-order valence-electron chi connectivity index (χ4n) is 2.02. The Bertz CT molecular complexity index is 926. The van der Waals surface area contributed by atoms with E-state index in [-0.39, 0.29) is 11.3 Å². The van der Waals surface area contributed by atoms with Crippen LogP contribution in [0.3, 0.4) is 0 Å². The smallest absolute Gasteiger partial charge is 0.267 e. The summed E-state index contributed by atoms with van der Waals surface area (Å²) < 4.78 is 0. The van der Waals surface area contributed by atoms with Gasteiger partial charge in [0.05, 0.1) is 11.6 Å². The third kappa shape index (κ3) is 2.79. The van der Waals surface area contributed by atoms with Crippen LogP contribution in [0.5, 0.6) is 0 Å². The summed E-state index contributed by atoms with van der Waals surface area (Å²) in [6.07, 6.45) is 1.57. The van der Waals surface area contributed by atoms with Gasteiger partial charge >= 0.3 is 0 Å². The van der Waals surface area contributed by atoms with Crippen LogP contribution in [0, 0.1) is 6.92 Å². The van der Waals surface area contributed by atoms with Crippen LogP contribution in [0.25, 0.3) is 10.8 Å². The zero-order valence-corrected chi connectivity index (χ0v) is 12.5. The van der Waals surface area contributed by atoms with E-state index in [1.54, 1.807) is 41.8 Å². The molecule has 0 aliphatic rings. The first-order valence-electron chi connectivity index (χ1n) is 6.52. The number of H-pyrrole nitrogens is 1. The second-order valence-electron chi connectivity index (χ2n) is 4.59. The zero-order valence-electron chi connectivity index (χ0n) is 11.7. The van der Waals surface area contributed by atoms with Crippen LogP contribution in [0.15, 0.2) is 46.3 Å². The van der Waals surface area contributed by atoms with Crippen molar-refractivity contribution in [2.24, 2.45) is 5.10 Å². The van der Waals surface area contributed by atoms with Gasteiger partial charge in [-0.15, -0.1) is 11.3 Å². The summed E-state index contributed by atoms with van der Waals surface area (Å²) in [6, 6.07) is 10.7. The number of rotatable bonds is 3. The van der Waals surface area contributed by atoms with Gasteiger partial charge in [-0.05, 0) is 25.1 Å². The van der Waals surface area contributed by atoms with Crippen LogP contribution in [0.2, 0.25) is 0 Å². The zero-order chi connectivity index (χ0) is 15.5. The fourth-order valence-corrected chi connectivity index (χ4v) is 2.77. The summed E-state index contributed by atoms with van der Waals surface area (Å²) >= 11 is 1.58. The van der Waals surface area contributed by atoms with Gasteiger partial charge in [0.1, 0.15) is 0 Å². The van der Waals surface area contributed by atoms with E-state index in [1.807, 2.05) is 19.1 Å². The van der Waals surface area contributed by atoms with Gasteiger partial charge in [-0.3, -0.25) is 9.59 Å². The van der Waals surface area contributed by atoms with Gasteiger partial charge in [0.25, 0.3) is 11.5 Å². The molecule has 110 valence electrons. The summed E-state index contributed by atoms with van der Waals surface area (Å²) in [4.78, 5) is 25.9. The molecule has 2 heterocycles. The Morgan fingerprint density at radius 2 is 2.05 bits per heavy atom. The van der Waals surface area contributed by atoms with Crippen LogP contribution in [0.4, 0.5) is 0 Å². The van der Waals surface area contributed by atoms with Gasteiger partial charge in [0.15, 0.2) is 5.69 Å². The molecule has 0 aliphatic carbocycles. The Hall–Kier alpha value is -2.80. The maximum Gasteiger partial charge on any atom is 0.292 e. The maximum absolute atomic E-state index is 12.2. The van der Waals surface area contributed by atoms with Crippen molar-refractivity contribution in [2.75, 3.05) is 0 Å². The van der Waals surface area contributed by atoms with Crippen molar-refractivity contribution in [3.8, 4) is 0 Å². The van der Waals surface area contributed by atoms with E-state index in [2.05, 4.69) is 20.7 Å². The number of thiophene rings is 1. The second-order valence-corrected chi connectivity index (χ2v) is 5.91. The molecule has 3 aromatic rings. The van der Waals surface area contributed by atoms with Crippen molar-refractivity contribution in [1.29, 1.82) is 0 Å². The van der Waals surface area contributed by atoms with Crippen LogP contribution in [-0.2, 0) is 0 Å². The number of hydrogen-bond donors (Lipinski definition) is 2. The molecule has 0 radical (unpaired) electrons. The predicted molar refractivity (Wildman–Crippen MR) is 86.5 cm³/mol. The molecule has 6 nitrogen and oxygen atoms in total. The minimum Gasteiger partial charge on any atom is -0.267 e. The normalized spacial score (nSPS) is 11.1. The lowest BCUT2D eigenvalue weighted by atomic mass is 10.1. The van der Waals surface area contributed by atoms with Crippen LogP contribution in [0.1, 0.15) is 20.2 Å². The number of benzene rings is 1. The number of carbonyl (C=O) groups is 1. The van der Waals surface area contributed by atoms with Crippen LogP contribution >= 0.6 is 11.3 Å². The summed E-state index contributed by atoms with van der Waals surface area (Å²) in [6.45, 7) is 2.00. The molecule has 0 fully saturated rings. The molecule has 0 saturated carbocycles. The van der Waals surface area contributed by atoms with Crippen molar-refractivity contribution in [2.45, 2.75) is 6.92 Å². The van der Waals surface area contributed by atoms with Gasteiger partial charge in [0.2, 0.25) is 0 Å². The first-order valence-corrected chi connectivity index (χ1v) is 7.34. The molecule has 0 bridgehead atoms. The number of hydrogen-bond acceptors (Lipinski definition) is 5. The minimum absolute atomic E-state index is 0.134. The fraction of sp³-hybridized carbons (Fsp3) is 0.0667. The number of amides is 1. The van der Waals surface area contributed by atoms with Gasteiger partial charge in [0, 0.05) is 15.1 Å². The molecule has 0 atom stereocenters. The highest BCUT2D eigenvalue weighted by Crippen LogP contribution is 2.13. The first kappa shape index (κ1) is 14.2. The third-order valence-electron chi connectivity index (χ3n) is 3.03. The Morgan fingerprint density at radius 1 is 1.27 bits per heavy atom. The maximum atomic E-state index is 12.2. The van der Waals surface area contributed by atoms with E-state index < -0.39 is 5.91 Å². The van der Waals surface area contributed by atoms with Crippen molar-refractivity contribution in [3.63, 3.8) is 0 Å². The molecule has 0 aliphatic heterocycles. The van der Waals surface area contributed by atoms with E-state index in [9.17, 15) is 9.59 Å². The van der Waals surface area contributed by atoms with Crippen LogP contribution in [-0.4, -0.2) is 22.3 Å². The summed E-state index contributed by atoms with van der Waals surface area (Å²) in [5, 5.41) is 11.0. The number of aromatic nitrogens is 2. The summed E-state index contributed by atoms with van der Waals surface area (Å²) in [5.41, 5.74) is 2.23. The van der Waals surface area contributed by atoms with E-state index in [1.165, 1.54) is 4.88 Å². The highest BCUT2D eigenvalue weighted by molar-refractivity contribution is 7.13. The number of carbonyl (C=O) groups excluding carboxylic acids is 1. The molecule has 0 spiro atoms. The predicted octanol–water partition coefficient (Wildman–Crippen LogP) is 2.06. The first-order chi connectivity index (χ1) is 10.6. The van der Waals surface area contributed by atoms with Crippen LogP contribution < -0.4 is 11.0 Å². The quantitative estimate of drug-likeness (QED) is 0.573. The van der Waals surface area contributed by atoms with Gasteiger partial charge < -0.3 is 0 Å². The van der Waals surface area contributed by atoms with E-state index in [0.29, 0.717) is 10.8 Å². The standard InChI is InChI=1S/C15H12N4O2S/c1-9-6-7-10(22-9)8-16-18-15(21)13-11-4-2-3-5-12(11)14(20)19-17-13/h2-8H,1H3,(H,18,21)(H,19,20)/b16-8+. The monoisotopic (exact) mass is 312 g/mol. The lowest BCUT2D eigenvalue weighted by Crippen LogP contribution is -2.22. The number of nitrogens with zero attached hydrogens (tertiary/aromatic N) is 2. The lowest BCUT2D eigenvalue weighted by molar-refractivity contribution is 0.0951. The Morgan fingerprint density at radius 3 is 2.77 bits per heavy atom. The Kier molecular flexibility index (Phi) is 3.80. The number of aryl methyl sites for hydroxylation is 1. The lowest BCUT2D eigenvalue weighted by Gasteiger charge is -2.02. The topological polar surface area (TPSA) is 87.2 Å². The van der Waals surface area contributed by atoms with Crippen molar-refractivity contribution in [1.82, 2.24) is 15.6 Å². The Balaban J connectivity index is 1.85. The van der Waals surface area contributed by atoms with Gasteiger partial charge in [-0.25, -0.2) is 10.5 Å². The number of nitrogens with one attached hydrogen (secondary N) is 2. The largest absolute Gasteiger partial charge is 0.292 e. The number of hydrazone groups is 1. The minimum atomic E-state index is -0.475. The molecule has 0 saturated heterocycles. The molecule has 22 heavy (non-hydrogen) atoms. The summed E-state index contributed by atoms with van der Waals surface area (Å²) in [7, 11) is 0. The number of aromatic amines is 1. The SMILES string of the molecule is Cc1ccc(/C=N/NC(=O)c2n[nH]c(=O)c3ccccc23)s1. The second kappa shape index (κ2) is 5.90. The molecule has 0 unspecified atom stereocenters. The molecule has 2 aromatic heterocycles. The van der Waals surface area contributed by atoms with Gasteiger partial charge in [-0.1, -0.05) is 18.2 Å². The van der Waals surface area contributed by atoms with Crippen molar-refractivity contribution in [3.05, 3.63) is 62.2 Å². The third-order valence-corrected chi connectivity index (χ3v) is 3.97. The van der Waals surface area contributed by atoms with E-state index in [4.69, 9.17) is 0 Å². The molecular formula is C15H12N4O2S. The Labute approximate surface area is 129 Å². The van der Waals surface area contributed by atoms with E-state index >= 15 is 0 Å². The molecule has 1 amide bonds. The molecule has 2 N–H and O–H groups in total. The highest BCUT2D eigenvalue weighted by atomic mass is 32.1. The highest BCUT2D eigenvalue weighted by Gasteiger charge is 2.13. The molecular weight excluding hydrogens is 300 g/mol. The average molecular weight is 312 g/mol. The molecule has 1 aromatic carbocycles. The average Bonchev–Trinajstić information content (AvgIpc) is 2.93. The molecule has 3 rings (SSSR count). The molecule has 7 heteroatoms. The van der Waals surface area contributed by atoms with Gasteiger partial charge in [-0.2, -0.15) is 10.2 Å². The van der Waals surface area contributed by atoms with Crippen molar-refractivity contribution < 1.29 is 4.79 Å².